The molecule has 0 unspecified atom stereocenters. The van der Waals surface area contributed by atoms with Crippen LogP contribution in [0.5, 0.6) is 0 Å². The van der Waals surface area contributed by atoms with Gasteiger partial charge in [-0.05, 0) is 19.9 Å². The van der Waals surface area contributed by atoms with E-state index in [1.54, 1.807) is 0 Å². The topological polar surface area (TPSA) is 6.48 Å². The van der Waals surface area contributed by atoms with Gasteiger partial charge in [-0.15, -0.1) is 0 Å². The lowest BCUT2D eigenvalue weighted by Crippen LogP contribution is -2.41. The Morgan fingerprint density at radius 1 is 1.30 bits per heavy atom. The van der Waals surface area contributed by atoms with Gasteiger partial charge in [0.05, 0.1) is 0 Å². The SMILES string of the molecule is CN1C[CH]N(C2CC2)CC1. The molecule has 10 heavy (non-hydrogen) atoms. The van der Waals surface area contributed by atoms with E-state index in [1.807, 2.05) is 0 Å². The van der Waals surface area contributed by atoms with Gasteiger partial charge in [-0.25, -0.2) is 0 Å². The van der Waals surface area contributed by atoms with Crippen molar-refractivity contribution in [2.75, 3.05) is 26.7 Å². The Bertz CT molecular complexity index is 112. The molecule has 0 bridgehead atoms. The Morgan fingerprint density at radius 3 is 2.60 bits per heavy atom. The molecule has 2 heteroatoms. The van der Waals surface area contributed by atoms with E-state index in [1.165, 1.54) is 25.9 Å². The second-order valence-corrected chi connectivity index (χ2v) is 3.41. The minimum absolute atomic E-state index is 0.925. The van der Waals surface area contributed by atoms with Gasteiger partial charge in [0.25, 0.3) is 0 Å². The maximum Gasteiger partial charge on any atom is 0.0394 e. The van der Waals surface area contributed by atoms with E-state index in [2.05, 4.69) is 23.4 Å². The van der Waals surface area contributed by atoms with Gasteiger partial charge in [0.15, 0.2) is 0 Å². The highest BCUT2D eigenvalue weighted by Crippen LogP contribution is 2.28. The molecule has 1 radical (unpaired) electrons. The van der Waals surface area contributed by atoms with E-state index < -0.39 is 0 Å². The van der Waals surface area contributed by atoms with Gasteiger partial charge in [0.1, 0.15) is 0 Å². The van der Waals surface area contributed by atoms with Crippen molar-refractivity contribution >= 4 is 0 Å². The molecule has 0 N–H and O–H groups in total. The second-order valence-electron chi connectivity index (χ2n) is 3.41. The predicted octanol–water partition coefficient (Wildman–Crippen LogP) is 0.558. The third-order valence-electron chi connectivity index (χ3n) is 2.38. The molecule has 2 aliphatic rings. The zero-order valence-corrected chi connectivity index (χ0v) is 6.58. The Morgan fingerprint density at radius 2 is 2.10 bits per heavy atom. The van der Waals surface area contributed by atoms with Gasteiger partial charge in [0, 0.05) is 32.2 Å². The monoisotopic (exact) mass is 139 g/mol. The number of hydrogen-bond acceptors (Lipinski definition) is 2. The maximum absolute atomic E-state index is 2.51. The highest BCUT2D eigenvalue weighted by atomic mass is 15.3. The van der Waals surface area contributed by atoms with Crippen LogP contribution in [0, 0.1) is 6.54 Å². The maximum atomic E-state index is 2.51. The van der Waals surface area contributed by atoms with Crippen LogP contribution in [0.3, 0.4) is 0 Å². The molecule has 2 rings (SSSR count). The van der Waals surface area contributed by atoms with Gasteiger partial charge < -0.3 is 4.90 Å². The Kier molecular flexibility index (Phi) is 1.66. The summed E-state index contributed by atoms with van der Waals surface area (Å²) in [5, 5.41) is 0. The third kappa shape index (κ3) is 1.32. The first-order valence-corrected chi connectivity index (χ1v) is 4.14. The molecule has 0 amide bonds. The summed E-state index contributed by atoms with van der Waals surface area (Å²) in [4.78, 5) is 4.87. The highest BCUT2D eigenvalue weighted by Gasteiger charge is 2.30. The summed E-state index contributed by atoms with van der Waals surface area (Å²) in [5.74, 6) is 0. The summed E-state index contributed by atoms with van der Waals surface area (Å²) >= 11 is 0. The van der Waals surface area contributed by atoms with Crippen LogP contribution in [0.4, 0.5) is 0 Å². The normalized spacial score (nSPS) is 30.9. The molecule has 0 aromatic rings. The zero-order valence-electron chi connectivity index (χ0n) is 6.58. The van der Waals surface area contributed by atoms with E-state index >= 15 is 0 Å². The molecule has 1 heterocycles. The van der Waals surface area contributed by atoms with E-state index in [4.69, 9.17) is 0 Å². The largest absolute Gasteiger partial charge is 0.303 e. The van der Waals surface area contributed by atoms with E-state index in [9.17, 15) is 0 Å². The Hall–Kier alpha value is -0.0800. The smallest absolute Gasteiger partial charge is 0.0394 e. The first kappa shape index (κ1) is 6.62. The zero-order chi connectivity index (χ0) is 6.97. The van der Waals surface area contributed by atoms with Crippen molar-refractivity contribution < 1.29 is 0 Å². The molecular weight excluding hydrogens is 124 g/mol. The summed E-state index contributed by atoms with van der Waals surface area (Å²) in [7, 11) is 2.18. The first-order chi connectivity index (χ1) is 4.86. The molecule has 2 nitrogen and oxygen atoms in total. The number of rotatable bonds is 1. The quantitative estimate of drug-likeness (QED) is 0.523. The average molecular weight is 139 g/mol. The lowest BCUT2D eigenvalue weighted by atomic mass is 10.3. The fourth-order valence-corrected chi connectivity index (χ4v) is 1.45. The van der Waals surface area contributed by atoms with E-state index in [0.717, 1.165) is 12.6 Å². The fraction of sp³-hybridized carbons (Fsp3) is 0.875. The summed E-state index contributed by atoms with van der Waals surface area (Å²) in [6.45, 7) is 5.99. The summed E-state index contributed by atoms with van der Waals surface area (Å²) in [5.41, 5.74) is 0. The first-order valence-electron chi connectivity index (χ1n) is 4.14. The van der Waals surface area contributed by atoms with Crippen molar-refractivity contribution in [3.63, 3.8) is 0 Å². The fourth-order valence-electron chi connectivity index (χ4n) is 1.45. The molecule has 2 fully saturated rings. The van der Waals surface area contributed by atoms with Crippen LogP contribution in [0.1, 0.15) is 12.8 Å². The third-order valence-corrected chi connectivity index (χ3v) is 2.38. The molecule has 1 aliphatic heterocycles. The molecule has 0 aromatic heterocycles. The standard InChI is InChI=1S/C8H15N2/c1-9-4-6-10(7-5-9)8-2-3-8/h6,8H,2-5,7H2,1H3. The number of hydrogen-bond donors (Lipinski definition) is 0. The molecule has 1 saturated heterocycles. The van der Waals surface area contributed by atoms with E-state index in [-0.39, 0.29) is 0 Å². The van der Waals surface area contributed by atoms with Gasteiger partial charge >= 0.3 is 0 Å². The lowest BCUT2D eigenvalue weighted by molar-refractivity contribution is 0.190. The van der Waals surface area contributed by atoms with Gasteiger partial charge in [-0.2, -0.15) is 0 Å². The summed E-state index contributed by atoms with van der Waals surface area (Å²) in [6.07, 6.45) is 2.86. The van der Waals surface area contributed by atoms with Crippen molar-refractivity contribution in [1.29, 1.82) is 0 Å². The molecule has 1 aliphatic carbocycles. The summed E-state index contributed by atoms with van der Waals surface area (Å²) < 4.78 is 0. The van der Waals surface area contributed by atoms with Crippen LogP contribution in [0.2, 0.25) is 0 Å². The highest BCUT2D eigenvalue weighted by molar-refractivity contribution is 4.91. The van der Waals surface area contributed by atoms with Crippen LogP contribution < -0.4 is 0 Å². The predicted molar refractivity (Wildman–Crippen MR) is 41.5 cm³/mol. The summed E-state index contributed by atoms with van der Waals surface area (Å²) in [6, 6.07) is 0.925. The van der Waals surface area contributed by atoms with Gasteiger partial charge in [0.2, 0.25) is 0 Å². The Balaban J connectivity index is 1.79. The van der Waals surface area contributed by atoms with Crippen LogP contribution in [-0.4, -0.2) is 42.5 Å². The van der Waals surface area contributed by atoms with Crippen molar-refractivity contribution in [1.82, 2.24) is 9.80 Å². The van der Waals surface area contributed by atoms with E-state index in [0.29, 0.717) is 0 Å². The van der Waals surface area contributed by atoms with Crippen LogP contribution in [0.15, 0.2) is 0 Å². The van der Waals surface area contributed by atoms with Crippen molar-refractivity contribution in [2.45, 2.75) is 18.9 Å². The second kappa shape index (κ2) is 2.51. The molecule has 0 spiro atoms. The molecular formula is C8H15N2. The number of piperazine rings is 1. The average Bonchev–Trinajstić information content (AvgIpc) is 2.71. The Labute approximate surface area is 62.8 Å². The number of nitrogens with zero attached hydrogens (tertiary/aromatic N) is 2. The minimum atomic E-state index is 0.925. The van der Waals surface area contributed by atoms with Gasteiger partial charge in [-0.1, -0.05) is 0 Å². The van der Waals surface area contributed by atoms with Crippen molar-refractivity contribution in [2.24, 2.45) is 0 Å². The molecule has 1 saturated carbocycles. The van der Waals surface area contributed by atoms with Crippen LogP contribution in [-0.2, 0) is 0 Å². The van der Waals surface area contributed by atoms with Crippen molar-refractivity contribution in [3.05, 3.63) is 6.54 Å². The molecule has 0 aromatic carbocycles. The minimum Gasteiger partial charge on any atom is -0.303 e. The van der Waals surface area contributed by atoms with Crippen LogP contribution in [0.25, 0.3) is 0 Å². The van der Waals surface area contributed by atoms with Crippen molar-refractivity contribution in [3.8, 4) is 0 Å². The number of likely N-dealkylation sites (N-methyl/N-ethyl adjacent to an activating group) is 1. The lowest BCUT2D eigenvalue weighted by Gasteiger charge is -2.31. The van der Waals surface area contributed by atoms with Crippen LogP contribution >= 0.6 is 0 Å². The molecule has 57 valence electrons. The molecule has 0 atom stereocenters. The van der Waals surface area contributed by atoms with Gasteiger partial charge in [-0.3, -0.25) is 4.90 Å².